The van der Waals surface area contributed by atoms with E-state index in [2.05, 4.69) is 9.47 Å². The number of halogens is 6. The number of hydrogen-bond acceptors (Lipinski definition) is 2. The number of hydrogen-bond donors (Lipinski definition) is 0. The van der Waals surface area contributed by atoms with Gasteiger partial charge in [0.05, 0.1) is 13.2 Å². The van der Waals surface area contributed by atoms with Gasteiger partial charge in [0.1, 0.15) is 0 Å². The SMILES string of the molecule is FC(F)(F)OCCCOC(F)(F)F. The Kier molecular flexibility index (Phi) is 4.48. The number of rotatable bonds is 4. The Morgan fingerprint density at radius 2 is 1.00 bits per heavy atom. The zero-order chi connectivity index (χ0) is 10.5. The first-order valence-electron chi connectivity index (χ1n) is 3.12. The molecule has 0 aliphatic carbocycles. The molecule has 0 bridgehead atoms. The lowest BCUT2D eigenvalue weighted by atomic mass is 10.5. The fourth-order valence-corrected chi connectivity index (χ4v) is 0.435. The summed E-state index contributed by atoms with van der Waals surface area (Å²) in [6.07, 6.45) is -10.1. The molecule has 0 saturated carbocycles. The summed E-state index contributed by atoms with van der Waals surface area (Å²) in [6.45, 7) is -1.70. The first-order chi connectivity index (χ1) is 5.71. The van der Waals surface area contributed by atoms with Gasteiger partial charge in [0, 0.05) is 0 Å². The lowest BCUT2D eigenvalue weighted by Gasteiger charge is -2.08. The maximum Gasteiger partial charge on any atom is 0.522 e. The van der Waals surface area contributed by atoms with Crippen molar-refractivity contribution >= 4 is 0 Å². The van der Waals surface area contributed by atoms with Crippen molar-refractivity contribution in [2.24, 2.45) is 0 Å². The smallest absolute Gasteiger partial charge is 0.292 e. The first kappa shape index (κ1) is 12.5. The van der Waals surface area contributed by atoms with Gasteiger partial charge in [-0.1, -0.05) is 0 Å². The van der Waals surface area contributed by atoms with Gasteiger partial charge in [-0.15, -0.1) is 26.3 Å². The molecule has 0 aliphatic rings. The molecule has 0 unspecified atom stereocenters. The second-order valence-electron chi connectivity index (χ2n) is 1.94. The van der Waals surface area contributed by atoms with Crippen LogP contribution in [0.2, 0.25) is 0 Å². The summed E-state index contributed by atoms with van der Waals surface area (Å²) in [5.41, 5.74) is 0. The highest BCUT2D eigenvalue weighted by atomic mass is 19.4. The molecule has 8 heteroatoms. The zero-order valence-corrected chi connectivity index (χ0v) is 6.21. The normalized spacial score (nSPS) is 13.4. The summed E-state index contributed by atoms with van der Waals surface area (Å²) >= 11 is 0. The minimum Gasteiger partial charge on any atom is -0.292 e. The van der Waals surface area contributed by atoms with Gasteiger partial charge in [0.2, 0.25) is 0 Å². The van der Waals surface area contributed by atoms with Crippen molar-refractivity contribution in [2.45, 2.75) is 19.1 Å². The molecule has 0 aromatic carbocycles. The zero-order valence-electron chi connectivity index (χ0n) is 6.21. The van der Waals surface area contributed by atoms with Crippen molar-refractivity contribution in [1.82, 2.24) is 0 Å². The van der Waals surface area contributed by atoms with Gasteiger partial charge in [-0.25, -0.2) is 0 Å². The van der Waals surface area contributed by atoms with E-state index >= 15 is 0 Å². The highest BCUT2D eigenvalue weighted by Crippen LogP contribution is 2.18. The van der Waals surface area contributed by atoms with Gasteiger partial charge in [0.25, 0.3) is 0 Å². The molecule has 0 amide bonds. The summed E-state index contributed by atoms with van der Waals surface area (Å²) in [4.78, 5) is 0. The predicted molar refractivity (Wildman–Crippen MR) is 28.6 cm³/mol. The summed E-state index contributed by atoms with van der Waals surface area (Å²) in [5, 5.41) is 0. The van der Waals surface area contributed by atoms with Crippen LogP contribution in [-0.2, 0) is 9.47 Å². The standard InChI is InChI=1S/C5H6F6O2/c6-4(7,8)12-2-1-3-13-5(9,10)11/h1-3H2. The van der Waals surface area contributed by atoms with Crippen molar-refractivity contribution in [2.75, 3.05) is 13.2 Å². The molecule has 0 radical (unpaired) electrons. The Labute approximate surface area is 69.4 Å². The lowest BCUT2D eigenvalue weighted by Crippen LogP contribution is -2.18. The van der Waals surface area contributed by atoms with Crippen LogP contribution in [0, 0.1) is 0 Å². The van der Waals surface area contributed by atoms with Crippen LogP contribution in [0.4, 0.5) is 26.3 Å². The molecule has 0 N–H and O–H groups in total. The summed E-state index contributed by atoms with van der Waals surface area (Å²) in [7, 11) is 0. The van der Waals surface area contributed by atoms with E-state index in [1.54, 1.807) is 0 Å². The Bertz CT molecular complexity index is 123. The van der Waals surface area contributed by atoms with E-state index in [0.717, 1.165) is 0 Å². The van der Waals surface area contributed by atoms with Crippen molar-refractivity contribution in [1.29, 1.82) is 0 Å². The summed E-state index contributed by atoms with van der Waals surface area (Å²) in [5.74, 6) is 0. The van der Waals surface area contributed by atoms with Crippen LogP contribution >= 0.6 is 0 Å². The van der Waals surface area contributed by atoms with E-state index in [0.29, 0.717) is 0 Å². The van der Waals surface area contributed by atoms with Crippen LogP contribution in [0.1, 0.15) is 6.42 Å². The van der Waals surface area contributed by atoms with E-state index in [-0.39, 0.29) is 0 Å². The quantitative estimate of drug-likeness (QED) is 0.526. The van der Waals surface area contributed by atoms with E-state index in [9.17, 15) is 26.3 Å². The Morgan fingerprint density at radius 1 is 0.692 bits per heavy atom. The first-order valence-corrected chi connectivity index (χ1v) is 3.12. The summed E-state index contributed by atoms with van der Waals surface area (Å²) < 4.78 is 73.8. The Balaban J connectivity index is 3.28. The molecule has 0 rings (SSSR count). The van der Waals surface area contributed by atoms with Gasteiger partial charge in [-0.2, -0.15) is 0 Å². The van der Waals surface area contributed by atoms with Crippen molar-refractivity contribution in [3.8, 4) is 0 Å². The van der Waals surface area contributed by atoms with Crippen LogP contribution < -0.4 is 0 Å². The molecule has 0 fully saturated rings. The third-order valence-corrected chi connectivity index (χ3v) is 0.820. The molecule has 0 heterocycles. The maximum absolute atomic E-state index is 11.2. The number of alkyl halides is 6. The predicted octanol–water partition coefficient (Wildman–Crippen LogP) is 2.45. The fourth-order valence-electron chi connectivity index (χ4n) is 0.435. The van der Waals surface area contributed by atoms with Crippen LogP contribution in [0.25, 0.3) is 0 Å². The van der Waals surface area contributed by atoms with E-state index in [4.69, 9.17) is 0 Å². The molecular formula is C5H6F6O2. The molecule has 0 aromatic heterocycles. The minimum atomic E-state index is -4.81. The maximum atomic E-state index is 11.2. The van der Waals surface area contributed by atoms with Crippen LogP contribution in [0.15, 0.2) is 0 Å². The average Bonchev–Trinajstić information content (AvgIpc) is 1.81. The molecule has 0 aliphatic heterocycles. The molecule has 0 saturated heterocycles. The molecule has 2 nitrogen and oxygen atoms in total. The molecule has 13 heavy (non-hydrogen) atoms. The van der Waals surface area contributed by atoms with E-state index < -0.39 is 32.4 Å². The topological polar surface area (TPSA) is 18.5 Å². The van der Waals surface area contributed by atoms with Crippen LogP contribution in [-0.4, -0.2) is 25.9 Å². The van der Waals surface area contributed by atoms with Gasteiger partial charge < -0.3 is 0 Å². The molecular weight excluding hydrogens is 206 g/mol. The van der Waals surface area contributed by atoms with Crippen molar-refractivity contribution < 1.29 is 35.8 Å². The van der Waals surface area contributed by atoms with Crippen LogP contribution in [0.5, 0.6) is 0 Å². The Morgan fingerprint density at radius 3 is 1.23 bits per heavy atom. The second kappa shape index (κ2) is 4.66. The fraction of sp³-hybridized carbons (Fsp3) is 1.00. The van der Waals surface area contributed by atoms with E-state index in [1.807, 2.05) is 0 Å². The van der Waals surface area contributed by atoms with Gasteiger partial charge in [0.15, 0.2) is 0 Å². The highest BCUT2D eigenvalue weighted by Gasteiger charge is 2.30. The molecule has 0 atom stereocenters. The molecule has 0 aromatic rings. The van der Waals surface area contributed by atoms with Gasteiger partial charge in [-0.05, 0) is 6.42 Å². The molecule has 80 valence electrons. The van der Waals surface area contributed by atoms with Gasteiger partial charge >= 0.3 is 12.7 Å². The largest absolute Gasteiger partial charge is 0.522 e. The second-order valence-corrected chi connectivity index (χ2v) is 1.94. The number of ether oxygens (including phenoxy) is 2. The summed E-state index contributed by atoms with van der Waals surface area (Å²) in [6, 6.07) is 0. The monoisotopic (exact) mass is 212 g/mol. The minimum absolute atomic E-state index is 0.473. The van der Waals surface area contributed by atoms with Gasteiger partial charge in [-0.3, -0.25) is 9.47 Å². The van der Waals surface area contributed by atoms with Crippen LogP contribution in [0.3, 0.4) is 0 Å². The van der Waals surface area contributed by atoms with Crippen molar-refractivity contribution in [3.63, 3.8) is 0 Å². The van der Waals surface area contributed by atoms with E-state index in [1.165, 1.54) is 0 Å². The highest BCUT2D eigenvalue weighted by molar-refractivity contribution is 4.37. The Hall–Kier alpha value is -0.500. The lowest BCUT2D eigenvalue weighted by molar-refractivity contribution is -0.336. The van der Waals surface area contributed by atoms with Crippen molar-refractivity contribution in [3.05, 3.63) is 0 Å². The molecule has 0 spiro atoms. The average molecular weight is 212 g/mol. The third kappa shape index (κ3) is 11.5. The third-order valence-electron chi connectivity index (χ3n) is 0.820.